The van der Waals surface area contributed by atoms with E-state index in [9.17, 15) is 14.9 Å². The van der Waals surface area contributed by atoms with Crippen molar-refractivity contribution in [1.82, 2.24) is 0 Å². The average molecular weight is 278 g/mol. The van der Waals surface area contributed by atoms with Gasteiger partial charge < -0.3 is 10.4 Å². The average Bonchev–Trinajstić information content (AvgIpc) is 2.92. The van der Waals surface area contributed by atoms with Gasteiger partial charge in [-0.25, -0.2) is 4.79 Å². The van der Waals surface area contributed by atoms with Gasteiger partial charge in [-0.3, -0.25) is 10.1 Å². The molecule has 1 atom stereocenters. The van der Waals surface area contributed by atoms with Gasteiger partial charge in [0.15, 0.2) is 0 Å². The van der Waals surface area contributed by atoms with Crippen LogP contribution in [-0.2, 0) is 0 Å². The number of carboxylic acid groups (broad SMARTS) is 1. The number of nitrogens with one attached hydrogen (secondary N) is 1. The van der Waals surface area contributed by atoms with Gasteiger partial charge in [0.05, 0.1) is 16.2 Å². The number of nitro benzene ring substituents is 1. The van der Waals surface area contributed by atoms with E-state index >= 15 is 0 Å². The fraction of sp³-hybridized carbons (Fsp3) is 0.500. The first kappa shape index (κ1) is 14.3. The molecule has 0 aliphatic heterocycles. The Morgan fingerprint density at radius 3 is 2.65 bits per heavy atom. The lowest BCUT2D eigenvalue weighted by Gasteiger charge is -2.22. The second-order valence-electron chi connectivity index (χ2n) is 5.27. The number of hydrogen-bond donors (Lipinski definition) is 2. The molecule has 0 bridgehead atoms. The molecule has 1 fully saturated rings. The summed E-state index contributed by atoms with van der Waals surface area (Å²) in [4.78, 5) is 21.5. The van der Waals surface area contributed by atoms with E-state index in [2.05, 4.69) is 5.32 Å². The number of rotatable bonds is 5. The van der Waals surface area contributed by atoms with Crippen molar-refractivity contribution in [2.45, 2.75) is 38.6 Å². The summed E-state index contributed by atoms with van der Waals surface area (Å²) in [6, 6.07) is 3.91. The molecule has 0 spiro atoms. The molecule has 20 heavy (non-hydrogen) atoms. The Morgan fingerprint density at radius 1 is 1.45 bits per heavy atom. The zero-order valence-corrected chi connectivity index (χ0v) is 11.3. The molecule has 0 aromatic heterocycles. The third-order valence-corrected chi connectivity index (χ3v) is 3.93. The van der Waals surface area contributed by atoms with E-state index in [-0.39, 0.29) is 17.3 Å². The largest absolute Gasteiger partial charge is 0.478 e. The van der Waals surface area contributed by atoms with Crippen molar-refractivity contribution in [2.75, 3.05) is 5.32 Å². The maximum Gasteiger partial charge on any atom is 0.337 e. The molecule has 0 radical (unpaired) electrons. The maximum atomic E-state index is 11.2. The molecule has 2 rings (SSSR count). The minimum Gasteiger partial charge on any atom is -0.478 e. The number of nitro groups is 1. The summed E-state index contributed by atoms with van der Waals surface area (Å²) in [5.41, 5.74) is 0.294. The molecule has 1 aromatic rings. The second-order valence-corrected chi connectivity index (χ2v) is 5.27. The summed E-state index contributed by atoms with van der Waals surface area (Å²) >= 11 is 0. The summed E-state index contributed by atoms with van der Waals surface area (Å²) in [7, 11) is 0. The van der Waals surface area contributed by atoms with Crippen LogP contribution in [0.25, 0.3) is 0 Å². The fourth-order valence-corrected chi connectivity index (χ4v) is 2.77. The van der Waals surface area contributed by atoms with E-state index < -0.39 is 10.9 Å². The van der Waals surface area contributed by atoms with Crippen molar-refractivity contribution in [3.8, 4) is 0 Å². The lowest BCUT2D eigenvalue weighted by atomic mass is 9.99. The highest BCUT2D eigenvalue weighted by Crippen LogP contribution is 2.31. The normalized spacial score (nSPS) is 16.9. The number of carboxylic acids is 1. The van der Waals surface area contributed by atoms with Crippen molar-refractivity contribution in [2.24, 2.45) is 5.92 Å². The van der Waals surface area contributed by atoms with E-state index in [1.807, 2.05) is 6.92 Å². The van der Waals surface area contributed by atoms with Crippen LogP contribution in [0.3, 0.4) is 0 Å². The predicted molar refractivity (Wildman–Crippen MR) is 75.1 cm³/mol. The summed E-state index contributed by atoms with van der Waals surface area (Å²) < 4.78 is 0. The van der Waals surface area contributed by atoms with Crippen LogP contribution in [0.5, 0.6) is 0 Å². The van der Waals surface area contributed by atoms with Gasteiger partial charge in [-0.1, -0.05) is 12.8 Å². The lowest BCUT2D eigenvalue weighted by molar-refractivity contribution is -0.384. The third kappa shape index (κ3) is 3.07. The highest BCUT2D eigenvalue weighted by molar-refractivity contribution is 5.94. The molecule has 0 saturated heterocycles. The highest BCUT2D eigenvalue weighted by atomic mass is 16.6. The molecule has 0 amide bonds. The first-order valence-electron chi connectivity index (χ1n) is 6.77. The third-order valence-electron chi connectivity index (χ3n) is 3.93. The number of anilines is 1. The SMILES string of the molecule is CC(Nc1cc([N+](=O)[O-])ccc1C(=O)O)C1CCCC1. The van der Waals surface area contributed by atoms with Crippen LogP contribution in [0.15, 0.2) is 18.2 Å². The molecule has 6 heteroatoms. The van der Waals surface area contributed by atoms with E-state index in [4.69, 9.17) is 5.11 Å². The summed E-state index contributed by atoms with van der Waals surface area (Å²) in [5.74, 6) is -0.586. The van der Waals surface area contributed by atoms with Crippen molar-refractivity contribution in [1.29, 1.82) is 0 Å². The van der Waals surface area contributed by atoms with Crippen LogP contribution in [0.4, 0.5) is 11.4 Å². The molecule has 0 heterocycles. The Balaban J connectivity index is 2.24. The van der Waals surface area contributed by atoms with Gasteiger partial charge in [0, 0.05) is 18.2 Å². The Bertz CT molecular complexity index is 524. The number of carbonyl (C=O) groups is 1. The van der Waals surface area contributed by atoms with E-state index in [0.29, 0.717) is 11.6 Å². The Kier molecular flexibility index (Phi) is 4.22. The number of aromatic carboxylic acids is 1. The van der Waals surface area contributed by atoms with Crippen molar-refractivity contribution in [3.63, 3.8) is 0 Å². The maximum absolute atomic E-state index is 11.2. The monoisotopic (exact) mass is 278 g/mol. The fourth-order valence-electron chi connectivity index (χ4n) is 2.77. The molecular weight excluding hydrogens is 260 g/mol. The second kappa shape index (κ2) is 5.90. The molecule has 108 valence electrons. The van der Waals surface area contributed by atoms with Crippen LogP contribution in [-0.4, -0.2) is 22.0 Å². The summed E-state index contributed by atoms with van der Waals surface area (Å²) in [6.07, 6.45) is 4.62. The van der Waals surface area contributed by atoms with Gasteiger partial charge in [0.2, 0.25) is 0 Å². The minimum atomic E-state index is -1.08. The molecule has 1 saturated carbocycles. The highest BCUT2D eigenvalue weighted by Gasteiger charge is 2.23. The number of non-ortho nitro benzene ring substituents is 1. The summed E-state index contributed by atoms with van der Waals surface area (Å²) in [6.45, 7) is 2.00. The van der Waals surface area contributed by atoms with Crippen LogP contribution in [0.2, 0.25) is 0 Å². The summed E-state index contributed by atoms with van der Waals surface area (Å²) in [5, 5.41) is 23.1. The van der Waals surface area contributed by atoms with Crippen molar-refractivity contribution in [3.05, 3.63) is 33.9 Å². The quantitative estimate of drug-likeness (QED) is 0.637. The molecular formula is C14H18N2O4. The zero-order valence-electron chi connectivity index (χ0n) is 11.3. The standard InChI is InChI=1S/C14H18N2O4/c1-9(10-4-2-3-5-10)15-13-8-11(16(19)20)6-7-12(13)14(17)18/h6-10,15H,2-5H2,1H3,(H,17,18). The van der Waals surface area contributed by atoms with Crippen molar-refractivity contribution >= 4 is 17.3 Å². The molecule has 1 aliphatic carbocycles. The first-order chi connectivity index (χ1) is 9.49. The van der Waals surface area contributed by atoms with E-state index in [0.717, 1.165) is 12.8 Å². The number of nitrogens with zero attached hydrogens (tertiary/aromatic N) is 1. The molecule has 1 aromatic carbocycles. The van der Waals surface area contributed by atoms with E-state index in [1.54, 1.807) is 0 Å². The predicted octanol–water partition coefficient (Wildman–Crippen LogP) is 3.28. The van der Waals surface area contributed by atoms with Gasteiger partial charge in [0.25, 0.3) is 5.69 Å². The smallest absolute Gasteiger partial charge is 0.337 e. The molecule has 2 N–H and O–H groups in total. The van der Waals surface area contributed by atoms with Gasteiger partial charge in [-0.15, -0.1) is 0 Å². The van der Waals surface area contributed by atoms with Crippen LogP contribution in [0, 0.1) is 16.0 Å². The van der Waals surface area contributed by atoms with Crippen molar-refractivity contribution < 1.29 is 14.8 Å². The van der Waals surface area contributed by atoms with Gasteiger partial charge >= 0.3 is 5.97 Å². The van der Waals surface area contributed by atoms with Gasteiger partial charge in [-0.05, 0) is 31.7 Å². The van der Waals surface area contributed by atoms with Gasteiger partial charge in [-0.2, -0.15) is 0 Å². The Hall–Kier alpha value is -2.11. The van der Waals surface area contributed by atoms with Crippen LogP contribution < -0.4 is 5.32 Å². The lowest BCUT2D eigenvalue weighted by Crippen LogP contribution is -2.25. The Morgan fingerprint density at radius 2 is 2.10 bits per heavy atom. The number of benzene rings is 1. The minimum absolute atomic E-state index is 0.0699. The van der Waals surface area contributed by atoms with Gasteiger partial charge in [0.1, 0.15) is 0 Å². The van der Waals surface area contributed by atoms with E-state index in [1.165, 1.54) is 31.0 Å². The molecule has 1 aliphatic rings. The molecule has 1 unspecified atom stereocenters. The number of hydrogen-bond acceptors (Lipinski definition) is 4. The zero-order chi connectivity index (χ0) is 14.7. The van der Waals surface area contributed by atoms with Crippen LogP contribution in [0.1, 0.15) is 43.0 Å². The topological polar surface area (TPSA) is 92.5 Å². The molecule has 6 nitrogen and oxygen atoms in total. The van der Waals surface area contributed by atoms with Crippen LogP contribution >= 0.6 is 0 Å². The Labute approximate surface area is 117 Å². The first-order valence-corrected chi connectivity index (χ1v) is 6.77.